The third-order valence-corrected chi connectivity index (χ3v) is 0. The Hall–Kier alpha value is 1.82. The summed E-state index contributed by atoms with van der Waals surface area (Å²) in [6.45, 7) is 0. The summed E-state index contributed by atoms with van der Waals surface area (Å²) in [6, 6.07) is 0. The molecule has 0 spiro atoms. The van der Waals surface area contributed by atoms with Crippen molar-refractivity contribution in [3.63, 3.8) is 0 Å². The molecule has 0 aliphatic carbocycles. The first kappa shape index (κ1) is 40.9. The summed E-state index contributed by atoms with van der Waals surface area (Å²) in [5.41, 5.74) is 0. The molecule has 0 bridgehead atoms. The minimum atomic E-state index is 0. The third kappa shape index (κ3) is 9.17. The molecule has 4 heavy (non-hydrogen) atoms. The van der Waals surface area contributed by atoms with Gasteiger partial charge >= 0.3 is 37.7 Å². The van der Waals surface area contributed by atoms with Gasteiger partial charge in [0.2, 0.25) is 0 Å². The maximum absolute atomic E-state index is 0. The number of hydrogen-bond donors (Lipinski definition) is 0. The first-order valence-electron chi connectivity index (χ1n) is 0. The van der Waals surface area contributed by atoms with Crippen molar-refractivity contribution in [2.75, 3.05) is 0 Å². The van der Waals surface area contributed by atoms with Crippen LogP contribution >= 0.6 is 0 Å². The van der Waals surface area contributed by atoms with E-state index in [2.05, 4.69) is 0 Å². The van der Waals surface area contributed by atoms with Gasteiger partial charge in [-0.05, 0) is 0 Å². The van der Waals surface area contributed by atoms with Crippen LogP contribution in [0.3, 0.4) is 0 Å². The normalized spacial score (nSPS) is 0. The van der Waals surface area contributed by atoms with Crippen molar-refractivity contribution in [3.8, 4) is 0 Å². The summed E-state index contributed by atoms with van der Waals surface area (Å²) < 4.78 is 0. The molecule has 4 heteroatoms. The average Bonchev–Trinajstić information content (AvgIpc) is 0. The van der Waals surface area contributed by atoms with Crippen molar-refractivity contribution < 1.29 is 8.33 Å². The Kier molecular flexibility index (Phi) is 217. The second-order valence-corrected chi connectivity index (χ2v) is 0. The topological polar surface area (TPSA) is 31.5 Å². The zero-order valence-corrected chi connectivity index (χ0v) is 3.99. The molecule has 2 N–H and O–H groups in total. The number of rotatable bonds is 0. The van der Waals surface area contributed by atoms with E-state index < -0.39 is 0 Å². The third-order valence-electron chi connectivity index (χ3n) is 0. The quantitative estimate of drug-likeness (QED) is 0.301. The molecule has 0 saturated heterocycles. The van der Waals surface area contributed by atoms with E-state index in [-0.39, 0.29) is 71.8 Å². The van der Waals surface area contributed by atoms with Gasteiger partial charge in [0.15, 0.2) is 17.4 Å². The Morgan fingerprint density at radius 3 is 1.25 bits per heavy atom. The maximum Gasteiger partial charge on any atom is 2.00 e. The summed E-state index contributed by atoms with van der Waals surface area (Å²) in [4.78, 5) is 0. The molecule has 0 fully saturated rings. The molecule has 0 aliphatic heterocycles. The van der Waals surface area contributed by atoms with E-state index in [9.17, 15) is 0 Å². The van der Waals surface area contributed by atoms with Gasteiger partial charge in [-0.2, -0.15) is 0 Å². The van der Waals surface area contributed by atoms with Gasteiger partial charge in [-0.25, -0.2) is 0 Å². The summed E-state index contributed by atoms with van der Waals surface area (Å²) in [7, 11) is 0. The second-order valence-electron chi connectivity index (χ2n) is 0. The summed E-state index contributed by atoms with van der Waals surface area (Å²) in [5.74, 6) is 0. The van der Waals surface area contributed by atoms with Gasteiger partial charge in [0.1, 0.15) is 0 Å². The van der Waals surface area contributed by atoms with Gasteiger partial charge in [0, 0.05) is 8.41 Å². The van der Waals surface area contributed by atoms with Crippen LogP contribution in [-0.2, 0) is 0 Å². The largest absolute Gasteiger partial charge is 2.00 e. The molecule has 0 aliphatic rings. The molecule has 0 unspecified atom stereocenters. The standard InChI is InChI=1S/Al.B.Ca.H2O.5H/h;;;1H2;;;;;/q;;+2;;;;;2*-1. The summed E-state index contributed by atoms with van der Waals surface area (Å²) in [5, 5.41) is 0. The van der Waals surface area contributed by atoms with E-state index in [4.69, 9.17) is 0 Å². The Morgan fingerprint density at radius 2 is 1.25 bits per heavy atom. The van der Waals surface area contributed by atoms with E-state index in [1.165, 1.54) is 0 Å². The average molecular weight is 101 g/mol. The molecule has 21 valence electrons. The molecule has 3 radical (unpaired) electrons. The van der Waals surface area contributed by atoms with Crippen LogP contribution in [0.5, 0.6) is 0 Å². The molecule has 0 rings (SSSR count). The number of hydrogen-bond acceptors (Lipinski definition) is 0. The predicted octanol–water partition coefficient (Wildman–Crippen LogP) is -2.55. The molecule has 0 atom stereocenters. The molecule has 0 aromatic carbocycles. The fourth-order valence-electron chi connectivity index (χ4n) is 0. The summed E-state index contributed by atoms with van der Waals surface area (Å²) in [6.07, 6.45) is 0. The first-order valence-corrected chi connectivity index (χ1v) is 0. The van der Waals surface area contributed by atoms with Crippen LogP contribution in [0, 0.1) is 0 Å². The molecular formula is H7AlBCaO. The monoisotopic (exact) mass is 101 g/mol. The van der Waals surface area contributed by atoms with E-state index in [0.717, 1.165) is 0 Å². The smallest absolute Gasteiger partial charge is 1.00 e. The Labute approximate surface area is 71.1 Å². The van der Waals surface area contributed by atoms with E-state index >= 15 is 0 Å². The van der Waals surface area contributed by atoms with Gasteiger partial charge in [-0.15, -0.1) is 0 Å². The fourth-order valence-corrected chi connectivity index (χ4v) is 0. The van der Waals surface area contributed by atoms with Gasteiger partial charge in [0.25, 0.3) is 0 Å². The SMILES string of the molecule is O.[AlH3].[B].[Ca+2].[H-].[H-]. The van der Waals surface area contributed by atoms with Crippen LogP contribution in [0.15, 0.2) is 0 Å². The molecule has 0 heterocycles. The van der Waals surface area contributed by atoms with Crippen LogP contribution in [0.1, 0.15) is 2.85 Å². The second kappa shape index (κ2) is 21.3. The Bertz CT molecular complexity index is 13.5. The van der Waals surface area contributed by atoms with Crippen LogP contribution in [-0.4, -0.2) is 69.0 Å². The molecule has 1 nitrogen and oxygen atoms in total. The van der Waals surface area contributed by atoms with E-state index in [0.29, 0.717) is 0 Å². The van der Waals surface area contributed by atoms with Crippen LogP contribution < -0.4 is 0 Å². The van der Waals surface area contributed by atoms with E-state index in [1.807, 2.05) is 0 Å². The molecule has 0 aromatic heterocycles. The van der Waals surface area contributed by atoms with Gasteiger partial charge in [-0.1, -0.05) is 0 Å². The van der Waals surface area contributed by atoms with E-state index in [1.54, 1.807) is 0 Å². The van der Waals surface area contributed by atoms with Crippen molar-refractivity contribution in [3.05, 3.63) is 0 Å². The fraction of sp³-hybridized carbons (Fsp3) is 0. The van der Waals surface area contributed by atoms with Crippen molar-refractivity contribution in [2.45, 2.75) is 0 Å². The zero-order valence-electron chi connectivity index (χ0n) is 3.78. The molecule has 0 amide bonds. The van der Waals surface area contributed by atoms with Crippen LogP contribution in [0.4, 0.5) is 0 Å². The van der Waals surface area contributed by atoms with Crippen molar-refractivity contribution in [2.24, 2.45) is 0 Å². The maximum atomic E-state index is 0. The van der Waals surface area contributed by atoms with Crippen LogP contribution in [0.2, 0.25) is 0 Å². The van der Waals surface area contributed by atoms with Gasteiger partial charge in [-0.3, -0.25) is 0 Å². The summed E-state index contributed by atoms with van der Waals surface area (Å²) >= 11 is 0. The minimum absolute atomic E-state index is 0. The predicted molar refractivity (Wildman–Crippen MR) is 27.3 cm³/mol. The molecule has 0 saturated carbocycles. The Balaban J connectivity index is 0. The Morgan fingerprint density at radius 1 is 1.25 bits per heavy atom. The van der Waals surface area contributed by atoms with Crippen molar-refractivity contribution in [1.82, 2.24) is 0 Å². The minimum Gasteiger partial charge on any atom is -1.00 e. The zero-order chi connectivity index (χ0) is 0. The van der Waals surface area contributed by atoms with Crippen molar-refractivity contribution >= 4 is 63.5 Å². The van der Waals surface area contributed by atoms with Gasteiger partial charge < -0.3 is 8.33 Å². The first-order chi connectivity index (χ1) is 0. The van der Waals surface area contributed by atoms with Crippen LogP contribution in [0.25, 0.3) is 0 Å². The molecule has 0 aromatic rings. The van der Waals surface area contributed by atoms with Crippen molar-refractivity contribution in [1.29, 1.82) is 0 Å². The van der Waals surface area contributed by atoms with Gasteiger partial charge in [0.05, 0.1) is 0 Å². The molecular weight excluding hydrogens is 93.9 g/mol.